The van der Waals surface area contributed by atoms with E-state index in [0.29, 0.717) is 18.5 Å². The van der Waals surface area contributed by atoms with Crippen molar-refractivity contribution in [3.8, 4) is 11.3 Å². The molecule has 1 aliphatic rings. The Kier molecular flexibility index (Phi) is 5.79. The molecule has 0 bridgehead atoms. The van der Waals surface area contributed by atoms with Gasteiger partial charge in [0, 0.05) is 54.9 Å². The van der Waals surface area contributed by atoms with E-state index >= 15 is 0 Å². The number of carbonyl (C=O) groups is 2. The van der Waals surface area contributed by atoms with E-state index in [1.165, 1.54) is 0 Å². The zero-order valence-electron chi connectivity index (χ0n) is 16.6. The van der Waals surface area contributed by atoms with Crippen LogP contribution >= 0.6 is 0 Å². The summed E-state index contributed by atoms with van der Waals surface area (Å²) in [6, 6.07) is 10.9. The van der Waals surface area contributed by atoms with Crippen LogP contribution in [0.15, 0.2) is 61.2 Å². The number of benzene rings is 1. The normalized spacial score (nSPS) is 16.3. The Morgan fingerprint density at radius 1 is 1.10 bits per heavy atom. The number of nitrogens with zero attached hydrogens (tertiary/aromatic N) is 4. The Hall–Kier alpha value is -3.61. The molecule has 0 saturated carbocycles. The van der Waals surface area contributed by atoms with Crippen LogP contribution in [-0.2, 0) is 11.2 Å². The van der Waals surface area contributed by atoms with Crippen LogP contribution in [0, 0.1) is 0 Å². The fraction of sp³-hybridized carbons (Fsp3) is 0.261. The molecule has 3 heterocycles. The number of aromatic nitrogens is 3. The van der Waals surface area contributed by atoms with Crippen LogP contribution in [0.4, 0.5) is 0 Å². The zero-order chi connectivity index (χ0) is 20.9. The van der Waals surface area contributed by atoms with Crippen molar-refractivity contribution in [2.24, 2.45) is 5.73 Å². The number of hydrogen-bond donors (Lipinski definition) is 1. The molecule has 152 valence electrons. The van der Waals surface area contributed by atoms with Crippen molar-refractivity contribution < 1.29 is 9.59 Å². The molecule has 7 nitrogen and oxygen atoms in total. The summed E-state index contributed by atoms with van der Waals surface area (Å²) in [7, 11) is 0. The summed E-state index contributed by atoms with van der Waals surface area (Å²) in [6.45, 7) is 1.34. The molecule has 30 heavy (non-hydrogen) atoms. The lowest BCUT2D eigenvalue weighted by Crippen LogP contribution is -2.40. The highest BCUT2D eigenvalue weighted by atomic mass is 16.2. The molecule has 4 rings (SSSR count). The zero-order valence-corrected chi connectivity index (χ0v) is 16.6. The van der Waals surface area contributed by atoms with E-state index in [-0.39, 0.29) is 11.8 Å². The van der Waals surface area contributed by atoms with Crippen LogP contribution in [0.25, 0.3) is 11.3 Å². The minimum absolute atomic E-state index is 0.0810. The number of carbonyl (C=O) groups excluding carboxylic acids is 2. The van der Waals surface area contributed by atoms with Gasteiger partial charge in [-0.2, -0.15) is 0 Å². The smallest absolute Gasteiger partial charge is 0.248 e. The predicted octanol–water partition coefficient (Wildman–Crippen LogP) is 2.59. The fourth-order valence-corrected chi connectivity index (χ4v) is 3.91. The number of nitrogens with two attached hydrogens (primary N) is 1. The first-order chi connectivity index (χ1) is 14.6. The van der Waals surface area contributed by atoms with E-state index in [4.69, 9.17) is 5.73 Å². The van der Waals surface area contributed by atoms with Gasteiger partial charge in [0.05, 0.1) is 17.8 Å². The second-order valence-corrected chi connectivity index (χ2v) is 7.45. The molecule has 0 spiro atoms. The van der Waals surface area contributed by atoms with E-state index in [1.807, 2.05) is 23.1 Å². The lowest BCUT2D eigenvalue weighted by Gasteiger charge is -2.33. The molecule has 1 aliphatic heterocycles. The van der Waals surface area contributed by atoms with E-state index in [0.717, 1.165) is 41.9 Å². The Balaban J connectivity index is 1.56. The minimum atomic E-state index is -0.480. The number of likely N-dealkylation sites (tertiary alicyclic amines) is 1. The van der Waals surface area contributed by atoms with Crippen LogP contribution < -0.4 is 5.73 Å². The van der Waals surface area contributed by atoms with Gasteiger partial charge >= 0.3 is 0 Å². The van der Waals surface area contributed by atoms with E-state index in [2.05, 4.69) is 15.0 Å². The molecule has 2 aromatic heterocycles. The minimum Gasteiger partial charge on any atom is -0.366 e. The lowest BCUT2D eigenvalue weighted by atomic mass is 9.91. The number of pyridine rings is 1. The van der Waals surface area contributed by atoms with Gasteiger partial charge in [-0.05, 0) is 36.6 Å². The molecule has 2 N–H and O–H groups in total. The fourth-order valence-electron chi connectivity index (χ4n) is 3.91. The van der Waals surface area contributed by atoms with Crippen molar-refractivity contribution in [1.82, 2.24) is 19.9 Å². The average Bonchev–Trinajstić information content (AvgIpc) is 2.80. The van der Waals surface area contributed by atoms with Crippen LogP contribution in [0.2, 0.25) is 0 Å². The first kappa shape index (κ1) is 19.7. The molecule has 1 saturated heterocycles. The van der Waals surface area contributed by atoms with Crippen LogP contribution in [-0.4, -0.2) is 44.8 Å². The van der Waals surface area contributed by atoms with E-state index in [1.54, 1.807) is 43.0 Å². The molecule has 0 aliphatic carbocycles. The van der Waals surface area contributed by atoms with Crippen molar-refractivity contribution in [3.63, 3.8) is 0 Å². The van der Waals surface area contributed by atoms with E-state index < -0.39 is 5.91 Å². The van der Waals surface area contributed by atoms with Gasteiger partial charge in [0.15, 0.2) is 0 Å². The summed E-state index contributed by atoms with van der Waals surface area (Å²) < 4.78 is 0. The van der Waals surface area contributed by atoms with Crippen LogP contribution in [0.3, 0.4) is 0 Å². The first-order valence-electron chi connectivity index (χ1n) is 9.99. The van der Waals surface area contributed by atoms with Gasteiger partial charge in [0.25, 0.3) is 0 Å². The molecule has 7 heteroatoms. The number of rotatable bonds is 5. The lowest BCUT2D eigenvalue weighted by molar-refractivity contribution is -0.131. The number of hydrogen-bond acceptors (Lipinski definition) is 5. The van der Waals surface area contributed by atoms with Crippen LogP contribution in [0.5, 0.6) is 0 Å². The monoisotopic (exact) mass is 401 g/mol. The highest BCUT2D eigenvalue weighted by Crippen LogP contribution is 2.32. The number of amides is 2. The highest BCUT2D eigenvalue weighted by molar-refractivity contribution is 5.94. The summed E-state index contributed by atoms with van der Waals surface area (Å²) in [5.41, 5.74) is 9.15. The predicted molar refractivity (Wildman–Crippen MR) is 112 cm³/mol. The molecule has 0 unspecified atom stereocenters. The molecule has 3 aromatic rings. The summed E-state index contributed by atoms with van der Waals surface area (Å²) in [5.74, 6) is -0.307. The van der Waals surface area contributed by atoms with Gasteiger partial charge in [-0.15, -0.1) is 0 Å². The Morgan fingerprint density at radius 3 is 2.77 bits per heavy atom. The van der Waals surface area contributed by atoms with Crippen molar-refractivity contribution >= 4 is 11.8 Å². The summed E-state index contributed by atoms with van der Waals surface area (Å²) >= 11 is 0. The SMILES string of the molecule is NC(=O)c1cccc(-c2nccnc2[C@H]2CCCN(C(=O)Cc3cccnc3)C2)c1. The van der Waals surface area contributed by atoms with Gasteiger partial charge in [0.2, 0.25) is 11.8 Å². The largest absolute Gasteiger partial charge is 0.366 e. The summed E-state index contributed by atoms with van der Waals surface area (Å²) in [6.07, 6.45) is 8.92. The average molecular weight is 401 g/mol. The summed E-state index contributed by atoms with van der Waals surface area (Å²) in [4.78, 5) is 39.5. The van der Waals surface area contributed by atoms with Crippen molar-refractivity contribution in [2.45, 2.75) is 25.2 Å². The maximum atomic E-state index is 12.8. The highest BCUT2D eigenvalue weighted by Gasteiger charge is 2.28. The van der Waals surface area contributed by atoms with Crippen molar-refractivity contribution in [2.75, 3.05) is 13.1 Å². The molecule has 1 atom stereocenters. The second-order valence-electron chi connectivity index (χ2n) is 7.45. The Morgan fingerprint density at radius 2 is 1.97 bits per heavy atom. The standard InChI is InChI=1S/C23H23N5O2/c24-23(30)18-6-1-5-17(13-18)21-22(27-10-9-26-21)19-7-3-11-28(15-19)20(29)12-16-4-2-8-25-14-16/h1-2,4-6,8-10,13-14,19H,3,7,11-12,15H2,(H2,24,30)/t19-/m0/s1. The third-order valence-corrected chi connectivity index (χ3v) is 5.39. The van der Waals surface area contributed by atoms with Gasteiger partial charge in [-0.3, -0.25) is 24.5 Å². The maximum absolute atomic E-state index is 12.8. The van der Waals surface area contributed by atoms with E-state index in [9.17, 15) is 9.59 Å². The quantitative estimate of drug-likeness (QED) is 0.708. The van der Waals surface area contributed by atoms with Gasteiger partial charge < -0.3 is 10.6 Å². The molecule has 2 amide bonds. The Bertz CT molecular complexity index is 1050. The number of piperidine rings is 1. The Labute approximate surface area is 175 Å². The summed E-state index contributed by atoms with van der Waals surface area (Å²) in [5, 5.41) is 0. The van der Waals surface area contributed by atoms with Crippen LogP contribution in [0.1, 0.15) is 40.4 Å². The van der Waals surface area contributed by atoms with Gasteiger partial charge in [-0.1, -0.05) is 18.2 Å². The number of primary amides is 1. The second kappa shape index (κ2) is 8.82. The molecule has 1 fully saturated rings. The third kappa shape index (κ3) is 4.35. The molecule has 0 radical (unpaired) electrons. The molecular formula is C23H23N5O2. The maximum Gasteiger partial charge on any atom is 0.248 e. The third-order valence-electron chi connectivity index (χ3n) is 5.39. The van der Waals surface area contributed by atoms with Crippen molar-refractivity contribution in [3.05, 3.63) is 78.0 Å². The topological polar surface area (TPSA) is 102 Å². The van der Waals surface area contributed by atoms with Gasteiger partial charge in [0.1, 0.15) is 0 Å². The molecular weight excluding hydrogens is 378 g/mol. The van der Waals surface area contributed by atoms with Gasteiger partial charge in [-0.25, -0.2) is 0 Å². The molecule has 1 aromatic carbocycles. The first-order valence-corrected chi connectivity index (χ1v) is 9.99. The van der Waals surface area contributed by atoms with Crippen molar-refractivity contribution in [1.29, 1.82) is 0 Å².